The van der Waals surface area contributed by atoms with Crippen LogP contribution < -0.4 is 9.47 Å². The van der Waals surface area contributed by atoms with E-state index in [1.807, 2.05) is 206 Å². The second kappa shape index (κ2) is 97.8. The van der Waals surface area contributed by atoms with E-state index in [4.69, 9.17) is 19.3 Å². The minimum absolute atomic E-state index is 0.0457. The van der Waals surface area contributed by atoms with Gasteiger partial charge < -0.3 is 38.4 Å². The number of benzene rings is 6. The van der Waals surface area contributed by atoms with Crippen LogP contribution in [0.3, 0.4) is 0 Å². The zero-order valence-corrected chi connectivity index (χ0v) is 75.4. The first kappa shape index (κ1) is 125. The van der Waals surface area contributed by atoms with Crippen LogP contribution >= 0.6 is 0 Å². The van der Waals surface area contributed by atoms with Gasteiger partial charge in [0.2, 0.25) is 6.29 Å². The van der Waals surface area contributed by atoms with Crippen LogP contribution in [0, 0.1) is 24.7 Å². The molecule has 13 heteroatoms. The van der Waals surface area contributed by atoms with E-state index in [1.54, 1.807) is 69.5 Å². The first-order valence-electron chi connectivity index (χ1n) is 39.6. The Hall–Kier alpha value is -10.4. The summed E-state index contributed by atoms with van der Waals surface area (Å²) in [6, 6.07) is 56.9. The summed E-state index contributed by atoms with van der Waals surface area (Å²) in [7, 11) is 7.86. The molecule has 0 atom stereocenters. The molecule has 2 saturated heterocycles. The Balaban J connectivity index is -0.000000128. The highest BCUT2D eigenvalue weighted by atomic mass is 16.7. The lowest BCUT2D eigenvalue weighted by molar-refractivity contribution is -0.117. The first-order valence-corrected chi connectivity index (χ1v) is 39.6. The van der Waals surface area contributed by atoms with Crippen molar-refractivity contribution in [3.8, 4) is 17.2 Å². The van der Waals surface area contributed by atoms with E-state index in [0.29, 0.717) is 41.7 Å². The molecule has 0 unspecified atom stereocenters. The molecule has 640 valence electrons. The summed E-state index contributed by atoms with van der Waals surface area (Å²) in [5.41, 5.74) is 4.48. The molecular weight excluding hydrogens is 1430 g/mol. The quantitative estimate of drug-likeness (QED) is 0.101. The Bertz CT molecular complexity index is 3160. The van der Waals surface area contributed by atoms with Crippen molar-refractivity contribution in [1.82, 2.24) is 14.4 Å². The van der Waals surface area contributed by atoms with Crippen molar-refractivity contribution in [3.63, 3.8) is 0 Å². The largest absolute Gasteiger partial charge is 0.508 e. The topological polar surface area (TPSA) is 162 Å². The highest BCUT2D eigenvalue weighted by molar-refractivity contribution is 6.26. The number of carbonyl (C=O) groups is 6. The molecule has 0 bridgehead atoms. The van der Waals surface area contributed by atoms with Crippen LogP contribution in [0.4, 0.5) is 0 Å². The fraction of sp³-hybridized carbons (Fsp3) is 0.373. The third-order valence-electron chi connectivity index (χ3n) is 14.1. The molecule has 3 fully saturated rings. The number of allylic oxidation sites excluding steroid dienone is 4. The highest BCUT2D eigenvalue weighted by Crippen LogP contribution is 2.33. The molecule has 13 rings (SSSR count). The molecule has 6 aromatic carbocycles. The van der Waals surface area contributed by atoms with Gasteiger partial charge in [0.1, 0.15) is 23.1 Å². The molecule has 1 N–H and O–H groups in total. The van der Waals surface area contributed by atoms with Gasteiger partial charge in [-0.05, 0) is 142 Å². The first-order chi connectivity index (χ1) is 55.4. The lowest BCUT2D eigenvalue weighted by atomic mass is 9.91. The molecule has 13 nitrogen and oxygen atoms in total. The average Bonchev–Trinajstić information content (AvgIpc) is 1.65. The second-order valence-corrected chi connectivity index (χ2v) is 24.0. The molecule has 3 aliphatic heterocycles. The zero-order chi connectivity index (χ0) is 90.6. The fourth-order valence-electron chi connectivity index (χ4n) is 9.00. The van der Waals surface area contributed by atoms with Gasteiger partial charge in [-0.1, -0.05) is 269 Å². The third kappa shape index (κ3) is 82.8. The number of Topliss-reactive ketones (excluding diaryl/α,β-unsaturated/α-hetero) is 6. The Kier molecular flexibility index (Phi) is 107. The van der Waals surface area contributed by atoms with Crippen LogP contribution in [-0.2, 0) is 32.8 Å². The fourth-order valence-corrected chi connectivity index (χ4v) is 9.00. The summed E-state index contributed by atoms with van der Waals surface area (Å²) in [5.74, 6) is 4.00. The number of methoxy groups -OCH3 is 1. The van der Waals surface area contributed by atoms with Gasteiger partial charge in [-0.15, -0.1) is 92.1 Å². The number of ether oxygens (including phenoxy) is 3. The summed E-state index contributed by atoms with van der Waals surface area (Å²) in [4.78, 5) is 67.1. The molecule has 0 amide bonds. The van der Waals surface area contributed by atoms with E-state index in [-0.39, 0.29) is 35.2 Å². The standard InChI is InChI=1S/C10H8O2.C8H8O2.C8H10O.C8H8O.C7H14.C7H8.C6H13N.C6H6O.C6H8.C5H9NO.C5H7N.2C3H6O.3C2H6.7C2H4/c1-6-9(11)7-4-2-3-5-8(7)10(6)12;1-6-9-7-4-2-3-5-8(7)10-6;1-9-7-8-5-3-2-4-6-8;1-7(9)8-5-3-2-4-6-8;3*1-7-5-3-2-4-6-7;7-6-4-2-1-3-5-6;1-6-4-2-3-5-6;1-6-3-2-5(7)4-6;1-6-4-2-3-5-6;2*1-3(2)4;10*1-2/h2-6H,1H3;2-6H,1H3;2-6H,7H2,1H3;2-6H,1H3;7H,2-6H2,1H3;2-6H,1H3;2-6H2,1H3;1-5,7H;2-6H,1H3;2-4H2,1H3;2-5H,1H3;2*1-2H3;3*1-2H3;7*1-2H2. The van der Waals surface area contributed by atoms with Crippen molar-refractivity contribution in [2.45, 2.75) is 181 Å². The van der Waals surface area contributed by atoms with Gasteiger partial charge >= 0.3 is 0 Å². The summed E-state index contributed by atoms with van der Waals surface area (Å²) < 4.78 is 17.5. The van der Waals surface area contributed by atoms with Gasteiger partial charge in [-0.25, -0.2) is 0 Å². The number of rotatable bonds is 3. The number of phenols is 1. The number of hydrogen-bond acceptors (Lipinski definition) is 12. The smallest absolute Gasteiger partial charge is 0.238 e. The van der Waals surface area contributed by atoms with Gasteiger partial charge in [0.25, 0.3) is 0 Å². The number of fused-ring (bicyclic) bond motifs is 2. The Morgan fingerprint density at radius 1 is 0.452 bits per heavy atom. The number of ketones is 6. The molecule has 4 heterocycles. The number of piperidine rings is 1. The van der Waals surface area contributed by atoms with Gasteiger partial charge in [-0.2, -0.15) is 0 Å². The SMILES string of the molecule is C=C.C=C.C=C.C=C.C=C.C=C.C=C.CC.CC.CC.CC(=O)c1ccccc1.CC(C)=O.CC(C)=O.CC1C(=O)c2ccccc2C1=O.CC1C=CC=C1.CC1CCCCC1.CC1Oc2ccccc2O1.CN1CCC(=O)C1.CN1CCCCC1.COCc1ccccc1.Cc1ccccc1.Cn1cccc1.Oc1ccccc1. The Morgan fingerprint density at radius 2 is 0.791 bits per heavy atom. The molecule has 3 aliphatic carbocycles. The normalized spacial score (nSPS) is 12.5. The van der Waals surface area contributed by atoms with Gasteiger partial charge in [0, 0.05) is 63.1 Å². The van der Waals surface area contributed by atoms with Crippen LogP contribution in [0.5, 0.6) is 17.2 Å². The number of para-hydroxylation sites is 3. The molecule has 1 aromatic heterocycles. The third-order valence-corrected chi connectivity index (χ3v) is 14.1. The van der Waals surface area contributed by atoms with Crippen molar-refractivity contribution in [2.75, 3.05) is 47.4 Å². The van der Waals surface area contributed by atoms with Gasteiger partial charge in [0.15, 0.2) is 28.8 Å². The Morgan fingerprint density at radius 3 is 1.02 bits per heavy atom. The zero-order valence-electron chi connectivity index (χ0n) is 75.4. The number of hydrogen-bond donors (Lipinski definition) is 1. The molecule has 1 saturated carbocycles. The number of likely N-dealkylation sites (tertiary alicyclic amines) is 2. The van der Waals surface area contributed by atoms with E-state index in [1.165, 1.54) is 103 Å². The minimum atomic E-state index is -0.470. The molecule has 7 aromatic rings. The maximum absolute atomic E-state index is 11.4. The lowest BCUT2D eigenvalue weighted by Gasteiger charge is -2.20. The van der Waals surface area contributed by atoms with Crippen molar-refractivity contribution in [1.29, 1.82) is 0 Å². The number of carbonyl (C=O) groups excluding carboxylic acids is 6. The summed E-state index contributed by atoms with van der Waals surface area (Å²) in [5, 5.41) is 8.63. The Labute approximate surface area is 702 Å². The summed E-state index contributed by atoms with van der Waals surface area (Å²) >= 11 is 0. The number of likely N-dealkylation sites (N-methyl/N-ethyl adjacent to an activating group) is 1. The number of aromatic nitrogens is 1. The number of phenolic OH excluding ortho intramolecular Hbond substituents is 1. The summed E-state index contributed by atoms with van der Waals surface area (Å²) in [6.07, 6.45) is 24.8. The molecule has 0 spiro atoms. The van der Waals surface area contributed by atoms with Gasteiger partial charge in [0.05, 0.1) is 19.1 Å². The second-order valence-electron chi connectivity index (χ2n) is 24.0. The van der Waals surface area contributed by atoms with E-state index in [2.05, 4.69) is 161 Å². The van der Waals surface area contributed by atoms with E-state index in [9.17, 15) is 28.8 Å². The van der Waals surface area contributed by atoms with Crippen molar-refractivity contribution in [2.24, 2.45) is 24.8 Å². The summed E-state index contributed by atoms with van der Waals surface area (Å²) in [6.45, 7) is 76.8. The van der Waals surface area contributed by atoms with Crippen LogP contribution in [-0.4, -0.2) is 108 Å². The number of aromatic hydroxyl groups is 1. The van der Waals surface area contributed by atoms with E-state index >= 15 is 0 Å². The monoisotopic (exact) mass is 1580 g/mol. The van der Waals surface area contributed by atoms with Crippen molar-refractivity contribution >= 4 is 34.7 Å². The predicted octanol–water partition coefficient (Wildman–Crippen LogP) is 26.9. The van der Waals surface area contributed by atoms with E-state index < -0.39 is 5.92 Å². The minimum Gasteiger partial charge on any atom is -0.508 e. The highest BCUT2D eigenvalue weighted by Gasteiger charge is 2.34. The van der Waals surface area contributed by atoms with Crippen LogP contribution in [0.2, 0.25) is 0 Å². The maximum Gasteiger partial charge on any atom is 0.238 e. The van der Waals surface area contributed by atoms with Crippen molar-refractivity contribution < 1.29 is 48.1 Å². The van der Waals surface area contributed by atoms with Crippen LogP contribution in [0.15, 0.2) is 311 Å². The number of aryl methyl sites for hydroxylation is 2. The molecule has 6 aliphatic rings. The molecular formula is C102H157N3O10. The van der Waals surface area contributed by atoms with Gasteiger partial charge in [-0.3, -0.25) is 24.1 Å². The average molecular weight is 1590 g/mol. The van der Waals surface area contributed by atoms with Crippen molar-refractivity contribution in [3.05, 3.63) is 339 Å². The number of nitrogens with zero attached hydrogens (tertiary/aromatic N) is 3. The van der Waals surface area contributed by atoms with Crippen LogP contribution in [0.1, 0.15) is 204 Å². The van der Waals surface area contributed by atoms with E-state index in [0.717, 1.165) is 35.9 Å². The van der Waals surface area contributed by atoms with Crippen LogP contribution in [0.25, 0.3) is 0 Å². The predicted molar refractivity (Wildman–Crippen MR) is 503 cm³/mol. The molecule has 0 radical (unpaired) electrons. The molecule has 115 heavy (non-hydrogen) atoms. The maximum atomic E-state index is 11.4. The lowest BCUT2D eigenvalue weighted by Crippen LogP contribution is -2.24.